The molecule has 2 aromatic rings. The molecular weight excluding hydrogens is 333 g/mol. The lowest BCUT2D eigenvalue weighted by Gasteiger charge is -2.14. The minimum atomic E-state index is -3.85. The number of halogens is 1. The monoisotopic (exact) mass is 351 g/mol. The molecule has 24 heavy (non-hydrogen) atoms. The summed E-state index contributed by atoms with van der Waals surface area (Å²) < 4.78 is 51.7. The Hall–Kier alpha value is -2.28. The van der Waals surface area contributed by atoms with E-state index in [0.29, 0.717) is 23.8 Å². The van der Waals surface area contributed by atoms with Crippen LogP contribution in [0.4, 0.5) is 10.1 Å². The van der Waals surface area contributed by atoms with E-state index in [4.69, 9.17) is 9.47 Å². The van der Waals surface area contributed by atoms with Crippen molar-refractivity contribution in [1.82, 2.24) is 0 Å². The van der Waals surface area contributed by atoms with Crippen LogP contribution in [0, 0.1) is 5.82 Å². The zero-order chi connectivity index (χ0) is 17.3. The van der Waals surface area contributed by atoms with Crippen LogP contribution in [0.1, 0.15) is 19.4 Å². The zero-order valence-electron chi connectivity index (χ0n) is 13.4. The number of fused-ring (bicyclic) bond motifs is 1. The Labute approximate surface area is 140 Å². The molecule has 1 unspecified atom stereocenters. The second-order valence-corrected chi connectivity index (χ2v) is 7.26. The number of hydrogen-bond donors (Lipinski definition) is 1. The van der Waals surface area contributed by atoms with Gasteiger partial charge in [-0.2, -0.15) is 0 Å². The predicted octanol–water partition coefficient (Wildman–Crippen LogP) is 3.35. The van der Waals surface area contributed by atoms with Gasteiger partial charge in [0, 0.05) is 18.1 Å². The lowest BCUT2D eigenvalue weighted by Crippen LogP contribution is -2.14. The first-order chi connectivity index (χ1) is 11.4. The maximum Gasteiger partial charge on any atom is 0.262 e. The van der Waals surface area contributed by atoms with E-state index in [9.17, 15) is 12.8 Å². The van der Waals surface area contributed by atoms with Crippen molar-refractivity contribution in [1.29, 1.82) is 0 Å². The Balaban J connectivity index is 1.96. The first-order valence-corrected chi connectivity index (χ1v) is 9.12. The Morgan fingerprint density at radius 2 is 2.00 bits per heavy atom. The third kappa shape index (κ3) is 3.31. The van der Waals surface area contributed by atoms with Crippen LogP contribution < -0.4 is 14.2 Å². The van der Waals surface area contributed by atoms with Gasteiger partial charge in [0.2, 0.25) is 0 Å². The minimum Gasteiger partial charge on any atom is -0.492 e. The minimum absolute atomic E-state index is 0.0267. The third-order valence-corrected chi connectivity index (χ3v) is 5.05. The van der Waals surface area contributed by atoms with Gasteiger partial charge in [-0.3, -0.25) is 4.72 Å². The normalized spacial score (nSPS) is 16.4. The predicted molar refractivity (Wildman–Crippen MR) is 88.6 cm³/mol. The topological polar surface area (TPSA) is 64.6 Å². The summed E-state index contributed by atoms with van der Waals surface area (Å²) in [5.74, 6) is 0.589. The van der Waals surface area contributed by atoms with Gasteiger partial charge in [-0.05, 0) is 44.2 Å². The molecule has 1 aliphatic rings. The lowest BCUT2D eigenvalue weighted by molar-refractivity contribution is 0.254. The van der Waals surface area contributed by atoms with E-state index in [0.717, 1.165) is 24.1 Å². The summed E-state index contributed by atoms with van der Waals surface area (Å²) in [6.07, 6.45) is 0.791. The molecule has 1 N–H and O–H groups in total. The van der Waals surface area contributed by atoms with Crippen molar-refractivity contribution in [3.63, 3.8) is 0 Å². The van der Waals surface area contributed by atoms with Crippen LogP contribution in [-0.4, -0.2) is 21.1 Å². The van der Waals surface area contributed by atoms with Crippen molar-refractivity contribution in [3.8, 4) is 11.5 Å². The van der Waals surface area contributed by atoms with E-state index in [-0.39, 0.29) is 11.0 Å². The smallest absolute Gasteiger partial charge is 0.262 e. The highest BCUT2D eigenvalue weighted by atomic mass is 32.2. The molecule has 5 nitrogen and oxygen atoms in total. The van der Waals surface area contributed by atoms with Gasteiger partial charge in [0.25, 0.3) is 10.0 Å². The number of benzene rings is 2. The van der Waals surface area contributed by atoms with E-state index in [2.05, 4.69) is 4.72 Å². The molecule has 0 fully saturated rings. The average molecular weight is 351 g/mol. The average Bonchev–Trinajstić information content (AvgIpc) is 2.87. The number of sulfonamides is 1. The molecule has 0 aliphatic carbocycles. The Morgan fingerprint density at radius 3 is 2.67 bits per heavy atom. The molecule has 1 aliphatic heterocycles. The highest BCUT2D eigenvalue weighted by Gasteiger charge is 2.24. The molecular formula is C17H18FNO4S. The molecule has 0 aromatic heterocycles. The van der Waals surface area contributed by atoms with Crippen molar-refractivity contribution in [2.45, 2.75) is 31.3 Å². The Morgan fingerprint density at radius 1 is 1.29 bits per heavy atom. The summed E-state index contributed by atoms with van der Waals surface area (Å²) in [5, 5.41) is 0. The molecule has 0 radical (unpaired) electrons. The van der Waals surface area contributed by atoms with Gasteiger partial charge in [0.15, 0.2) is 0 Å². The molecule has 2 aromatic carbocycles. The third-order valence-electron chi connectivity index (χ3n) is 3.67. The van der Waals surface area contributed by atoms with Crippen molar-refractivity contribution in [2.24, 2.45) is 0 Å². The van der Waals surface area contributed by atoms with Crippen LogP contribution in [0.5, 0.6) is 11.5 Å². The van der Waals surface area contributed by atoms with Gasteiger partial charge in [0.1, 0.15) is 23.4 Å². The quantitative estimate of drug-likeness (QED) is 0.897. The highest BCUT2D eigenvalue weighted by molar-refractivity contribution is 7.92. The SMILES string of the molecule is CCOc1cc2c(cc1NS(=O)(=O)c1ccc(F)cc1)OC(C)C2. The van der Waals surface area contributed by atoms with E-state index >= 15 is 0 Å². The van der Waals surface area contributed by atoms with Gasteiger partial charge in [-0.25, -0.2) is 12.8 Å². The van der Waals surface area contributed by atoms with Gasteiger partial charge >= 0.3 is 0 Å². The van der Waals surface area contributed by atoms with Gasteiger partial charge in [-0.15, -0.1) is 0 Å². The number of rotatable bonds is 5. The number of hydrogen-bond acceptors (Lipinski definition) is 4. The summed E-state index contributed by atoms with van der Waals surface area (Å²) in [7, 11) is -3.85. The maximum atomic E-state index is 13.0. The molecule has 0 spiro atoms. The van der Waals surface area contributed by atoms with Crippen LogP contribution in [0.3, 0.4) is 0 Å². The molecule has 3 rings (SSSR count). The van der Waals surface area contributed by atoms with E-state index in [1.807, 2.05) is 13.8 Å². The molecule has 7 heteroatoms. The molecule has 0 saturated heterocycles. The molecule has 1 heterocycles. The molecule has 1 atom stereocenters. The van der Waals surface area contributed by atoms with Crippen molar-refractivity contribution in [2.75, 3.05) is 11.3 Å². The van der Waals surface area contributed by atoms with E-state index in [1.54, 1.807) is 12.1 Å². The maximum absolute atomic E-state index is 13.0. The van der Waals surface area contributed by atoms with E-state index in [1.165, 1.54) is 12.1 Å². The van der Waals surface area contributed by atoms with E-state index < -0.39 is 15.8 Å². The van der Waals surface area contributed by atoms with Crippen LogP contribution in [0.2, 0.25) is 0 Å². The summed E-state index contributed by atoms with van der Waals surface area (Å²) in [6, 6.07) is 8.06. The second kappa shape index (κ2) is 6.32. The molecule has 0 bridgehead atoms. The van der Waals surface area contributed by atoms with Crippen LogP contribution >= 0.6 is 0 Å². The second-order valence-electron chi connectivity index (χ2n) is 5.58. The fourth-order valence-electron chi connectivity index (χ4n) is 2.61. The first kappa shape index (κ1) is 16.6. The van der Waals surface area contributed by atoms with Crippen LogP contribution in [-0.2, 0) is 16.4 Å². The first-order valence-electron chi connectivity index (χ1n) is 7.64. The largest absolute Gasteiger partial charge is 0.492 e. The van der Waals surface area contributed by atoms with Crippen molar-refractivity contribution < 1.29 is 22.3 Å². The highest BCUT2D eigenvalue weighted by Crippen LogP contribution is 2.38. The molecule has 0 amide bonds. The summed E-state index contributed by atoms with van der Waals surface area (Å²) in [4.78, 5) is -0.0267. The van der Waals surface area contributed by atoms with Gasteiger partial charge < -0.3 is 9.47 Å². The Kier molecular flexibility index (Phi) is 4.36. The van der Waals surface area contributed by atoms with Crippen molar-refractivity contribution in [3.05, 3.63) is 47.8 Å². The van der Waals surface area contributed by atoms with Crippen molar-refractivity contribution >= 4 is 15.7 Å². The summed E-state index contributed by atoms with van der Waals surface area (Å²) in [6.45, 7) is 4.17. The lowest BCUT2D eigenvalue weighted by atomic mass is 10.1. The number of ether oxygens (including phenoxy) is 2. The van der Waals surface area contributed by atoms with Gasteiger partial charge in [-0.1, -0.05) is 0 Å². The van der Waals surface area contributed by atoms with Crippen LogP contribution in [0.25, 0.3) is 0 Å². The molecule has 0 saturated carbocycles. The summed E-state index contributed by atoms with van der Waals surface area (Å²) >= 11 is 0. The number of anilines is 1. The fourth-order valence-corrected chi connectivity index (χ4v) is 3.67. The summed E-state index contributed by atoms with van der Waals surface area (Å²) in [5.41, 5.74) is 1.28. The fraction of sp³-hybridized carbons (Fsp3) is 0.294. The van der Waals surface area contributed by atoms with Crippen LogP contribution in [0.15, 0.2) is 41.3 Å². The van der Waals surface area contributed by atoms with Gasteiger partial charge in [0.05, 0.1) is 17.2 Å². The molecule has 128 valence electrons. The standard InChI is InChI=1S/C17H18FNO4S/c1-3-22-17-9-12-8-11(2)23-16(12)10-15(17)19-24(20,21)14-6-4-13(18)5-7-14/h4-7,9-11,19H,3,8H2,1-2H3. The number of nitrogens with one attached hydrogen (secondary N) is 1. The zero-order valence-corrected chi connectivity index (χ0v) is 14.2. The Bertz CT molecular complexity index is 850.